The van der Waals surface area contributed by atoms with Crippen molar-refractivity contribution in [1.29, 1.82) is 0 Å². The monoisotopic (exact) mass is 259 g/mol. The first-order valence-corrected chi connectivity index (χ1v) is 6.54. The summed E-state index contributed by atoms with van der Waals surface area (Å²) >= 11 is 0. The van der Waals surface area contributed by atoms with Gasteiger partial charge >= 0.3 is 0 Å². The zero-order valence-electron chi connectivity index (χ0n) is 12.2. The lowest BCUT2D eigenvalue weighted by atomic mass is 10.1. The van der Waals surface area contributed by atoms with Crippen LogP contribution < -0.4 is 5.32 Å². The van der Waals surface area contributed by atoms with Gasteiger partial charge in [-0.1, -0.05) is 13.8 Å². The highest BCUT2D eigenvalue weighted by Gasteiger charge is 2.07. The third kappa shape index (κ3) is 3.30. The molecule has 2 aromatic heterocycles. The molecule has 0 bridgehead atoms. The summed E-state index contributed by atoms with van der Waals surface area (Å²) in [5.41, 5.74) is 4.26. The van der Waals surface area contributed by atoms with Crippen LogP contribution in [0.5, 0.6) is 0 Å². The molecule has 0 saturated heterocycles. The van der Waals surface area contributed by atoms with Crippen LogP contribution in [0.4, 0.5) is 5.95 Å². The van der Waals surface area contributed by atoms with Gasteiger partial charge in [0.1, 0.15) is 0 Å². The van der Waals surface area contributed by atoms with Crippen molar-refractivity contribution in [3.63, 3.8) is 0 Å². The fourth-order valence-electron chi connectivity index (χ4n) is 1.96. The van der Waals surface area contributed by atoms with Crippen molar-refractivity contribution in [2.24, 2.45) is 7.05 Å². The molecule has 5 heteroatoms. The van der Waals surface area contributed by atoms with Gasteiger partial charge in [0.25, 0.3) is 0 Å². The van der Waals surface area contributed by atoms with Gasteiger partial charge in [-0.25, -0.2) is 9.97 Å². The predicted octanol–water partition coefficient (Wildman–Crippen LogP) is 2.56. The van der Waals surface area contributed by atoms with Crippen LogP contribution in [0.2, 0.25) is 0 Å². The Bertz CT molecular complexity index is 571. The fourth-order valence-corrected chi connectivity index (χ4v) is 1.96. The van der Waals surface area contributed by atoms with Gasteiger partial charge < -0.3 is 5.32 Å². The molecule has 5 nitrogen and oxygen atoms in total. The zero-order chi connectivity index (χ0) is 14.0. The Labute approximate surface area is 114 Å². The van der Waals surface area contributed by atoms with Crippen molar-refractivity contribution in [2.45, 2.75) is 40.2 Å². The van der Waals surface area contributed by atoms with Crippen molar-refractivity contribution in [3.8, 4) is 0 Å². The van der Waals surface area contributed by atoms with Crippen molar-refractivity contribution >= 4 is 5.95 Å². The minimum Gasteiger partial charge on any atom is -0.350 e. The molecule has 2 heterocycles. The summed E-state index contributed by atoms with van der Waals surface area (Å²) in [5, 5.41) is 7.60. The molecule has 0 fully saturated rings. The van der Waals surface area contributed by atoms with Crippen LogP contribution in [0.15, 0.2) is 12.3 Å². The number of nitrogens with zero attached hydrogens (tertiary/aromatic N) is 4. The van der Waals surface area contributed by atoms with E-state index in [0.29, 0.717) is 18.4 Å². The first-order chi connectivity index (χ1) is 8.95. The molecule has 0 radical (unpaired) electrons. The second-order valence-electron chi connectivity index (χ2n) is 5.18. The SMILES string of the molecule is Cc1cc(C(C)C)nc(NCc2cn(C)nc2C)n1. The number of hydrogen-bond donors (Lipinski definition) is 1. The quantitative estimate of drug-likeness (QED) is 0.916. The topological polar surface area (TPSA) is 55.6 Å². The lowest BCUT2D eigenvalue weighted by Crippen LogP contribution is -2.07. The average Bonchev–Trinajstić information content (AvgIpc) is 2.64. The van der Waals surface area contributed by atoms with Gasteiger partial charge in [-0.15, -0.1) is 0 Å². The molecule has 0 unspecified atom stereocenters. The average molecular weight is 259 g/mol. The van der Waals surface area contributed by atoms with Crippen LogP contribution in [-0.2, 0) is 13.6 Å². The van der Waals surface area contributed by atoms with E-state index in [1.165, 1.54) is 5.56 Å². The maximum atomic E-state index is 4.54. The first-order valence-electron chi connectivity index (χ1n) is 6.54. The molecule has 1 N–H and O–H groups in total. The molecule has 2 aromatic rings. The number of nitrogens with one attached hydrogen (secondary N) is 1. The van der Waals surface area contributed by atoms with Crippen molar-refractivity contribution in [2.75, 3.05) is 5.32 Å². The molecule has 0 aliphatic carbocycles. The normalized spacial score (nSPS) is 11.1. The predicted molar refractivity (Wildman–Crippen MR) is 76.1 cm³/mol. The number of aromatic nitrogens is 4. The van der Waals surface area contributed by atoms with Gasteiger partial charge in [-0.3, -0.25) is 4.68 Å². The Morgan fingerprint density at radius 1 is 1.26 bits per heavy atom. The van der Waals surface area contributed by atoms with Gasteiger partial charge in [-0.05, 0) is 25.8 Å². The number of hydrogen-bond acceptors (Lipinski definition) is 4. The maximum Gasteiger partial charge on any atom is 0.223 e. The largest absolute Gasteiger partial charge is 0.350 e. The molecule has 2 rings (SSSR count). The highest BCUT2D eigenvalue weighted by Crippen LogP contribution is 2.15. The lowest BCUT2D eigenvalue weighted by Gasteiger charge is -2.09. The molecule has 102 valence electrons. The maximum absolute atomic E-state index is 4.54. The van der Waals surface area contributed by atoms with Gasteiger partial charge in [0.15, 0.2) is 0 Å². The Hall–Kier alpha value is -1.91. The number of rotatable bonds is 4. The van der Waals surface area contributed by atoms with E-state index in [4.69, 9.17) is 0 Å². The van der Waals surface area contributed by atoms with Crippen LogP contribution in [0.3, 0.4) is 0 Å². The summed E-state index contributed by atoms with van der Waals surface area (Å²) in [5.74, 6) is 1.09. The van der Waals surface area contributed by atoms with Crippen molar-refractivity contribution < 1.29 is 0 Å². The molecular formula is C14H21N5. The minimum absolute atomic E-state index is 0.405. The zero-order valence-corrected chi connectivity index (χ0v) is 12.2. The molecule has 0 spiro atoms. The molecule has 0 atom stereocenters. The van der Waals surface area contributed by atoms with E-state index in [0.717, 1.165) is 17.1 Å². The standard InChI is InChI=1S/C14H21N5/c1-9(2)13-6-10(3)16-14(17-13)15-7-12-8-19(5)18-11(12)4/h6,8-9H,7H2,1-5H3,(H,15,16,17). The summed E-state index contributed by atoms with van der Waals surface area (Å²) < 4.78 is 1.82. The third-order valence-electron chi connectivity index (χ3n) is 3.02. The smallest absolute Gasteiger partial charge is 0.223 e. The number of aryl methyl sites for hydroxylation is 3. The van der Waals surface area contributed by atoms with Crippen LogP contribution in [0, 0.1) is 13.8 Å². The van der Waals surface area contributed by atoms with Crippen LogP contribution in [0.1, 0.15) is 42.4 Å². The molecule has 0 amide bonds. The van der Waals surface area contributed by atoms with E-state index < -0.39 is 0 Å². The molecule has 0 saturated carbocycles. The van der Waals surface area contributed by atoms with E-state index in [9.17, 15) is 0 Å². The Morgan fingerprint density at radius 2 is 2.00 bits per heavy atom. The summed E-state index contributed by atoms with van der Waals surface area (Å²) in [4.78, 5) is 8.95. The Morgan fingerprint density at radius 3 is 2.58 bits per heavy atom. The van der Waals surface area contributed by atoms with E-state index in [2.05, 4.69) is 34.2 Å². The summed E-state index contributed by atoms with van der Waals surface area (Å²) in [6.45, 7) is 8.97. The van der Waals surface area contributed by atoms with E-state index in [-0.39, 0.29) is 0 Å². The van der Waals surface area contributed by atoms with E-state index in [1.807, 2.05) is 37.8 Å². The van der Waals surface area contributed by atoms with E-state index >= 15 is 0 Å². The van der Waals surface area contributed by atoms with Crippen molar-refractivity contribution in [3.05, 3.63) is 34.9 Å². The van der Waals surface area contributed by atoms with Crippen LogP contribution in [0.25, 0.3) is 0 Å². The highest BCUT2D eigenvalue weighted by atomic mass is 15.3. The van der Waals surface area contributed by atoms with Gasteiger partial charge in [0, 0.05) is 36.7 Å². The highest BCUT2D eigenvalue weighted by molar-refractivity contribution is 5.31. The number of anilines is 1. The molecular weight excluding hydrogens is 238 g/mol. The summed E-state index contributed by atoms with van der Waals surface area (Å²) in [6.07, 6.45) is 2.02. The summed E-state index contributed by atoms with van der Waals surface area (Å²) in [7, 11) is 1.93. The molecule has 19 heavy (non-hydrogen) atoms. The first kappa shape index (κ1) is 13.5. The Balaban J connectivity index is 2.13. The van der Waals surface area contributed by atoms with Gasteiger partial charge in [0.2, 0.25) is 5.95 Å². The molecule has 0 aliphatic rings. The van der Waals surface area contributed by atoms with Crippen LogP contribution >= 0.6 is 0 Å². The Kier molecular flexibility index (Phi) is 3.83. The van der Waals surface area contributed by atoms with E-state index in [1.54, 1.807) is 0 Å². The summed E-state index contributed by atoms with van der Waals surface area (Å²) in [6, 6.07) is 2.03. The van der Waals surface area contributed by atoms with Gasteiger partial charge in [-0.2, -0.15) is 5.10 Å². The second-order valence-corrected chi connectivity index (χ2v) is 5.18. The van der Waals surface area contributed by atoms with Gasteiger partial charge in [0.05, 0.1) is 5.69 Å². The molecule has 0 aromatic carbocycles. The second kappa shape index (κ2) is 5.38. The van der Waals surface area contributed by atoms with Crippen LogP contribution in [-0.4, -0.2) is 19.7 Å². The third-order valence-corrected chi connectivity index (χ3v) is 3.02. The van der Waals surface area contributed by atoms with Crippen molar-refractivity contribution in [1.82, 2.24) is 19.7 Å². The lowest BCUT2D eigenvalue weighted by molar-refractivity contribution is 0.756. The minimum atomic E-state index is 0.405. The molecule has 0 aliphatic heterocycles. The fraction of sp³-hybridized carbons (Fsp3) is 0.500.